The molecular weight excluding hydrogens is 1260 g/mol. The van der Waals surface area contributed by atoms with Crippen LogP contribution in [0.15, 0.2) is 194 Å². The fraction of sp³-hybridized carbons (Fsp3) is 0.518. The van der Waals surface area contributed by atoms with Gasteiger partial charge < -0.3 is 46.7 Å². The zero-order valence-corrected chi connectivity index (χ0v) is 62.1. The van der Waals surface area contributed by atoms with Crippen molar-refractivity contribution in [3.63, 3.8) is 0 Å². The zero-order valence-electron chi connectivity index (χ0n) is 60.1. The van der Waals surface area contributed by atoms with Crippen LogP contribution in [-0.4, -0.2) is 135 Å². The number of carbonyl (C=O) groups excluding carboxylic acids is 3. The fourth-order valence-electron chi connectivity index (χ4n) is 16.3. The predicted molar refractivity (Wildman–Crippen MR) is 391 cm³/mol. The van der Waals surface area contributed by atoms with Gasteiger partial charge in [0.25, 0.3) is 16.6 Å². The smallest absolute Gasteiger partial charge is 0.338 e. The number of rotatable bonds is 30. The van der Waals surface area contributed by atoms with Crippen molar-refractivity contribution >= 4 is 54.9 Å². The van der Waals surface area contributed by atoms with E-state index < -0.39 is 81.8 Å². The van der Waals surface area contributed by atoms with Crippen molar-refractivity contribution in [3.05, 3.63) is 199 Å². The van der Waals surface area contributed by atoms with E-state index in [1.807, 2.05) is 48.5 Å². The van der Waals surface area contributed by atoms with Crippen LogP contribution in [0.5, 0.6) is 0 Å². The summed E-state index contributed by atoms with van der Waals surface area (Å²) in [5, 5.41) is 3.49. The molecule has 10 rings (SSSR count). The number of allylic oxidation sites excluding steroid dienone is 2. The molecule has 526 valence electrons. The number of carbonyl (C=O) groups is 3. The van der Waals surface area contributed by atoms with Crippen LogP contribution in [0.3, 0.4) is 0 Å². The number of methoxy groups -OCH3 is 2. The molecule has 5 saturated heterocycles. The predicted octanol–water partition coefficient (Wildman–Crippen LogP) is 14.0. The Balaban J connectivity index is 0.986. The third-order valence-corrected chi connectivity index (χ3v) is 31.5. The summed E-state index contributed by atoms with van der Waals surface area (Å²) in [6.07, 6.45) is 2.70. The molecule has 13 nitrogen and oxygen atoms in total. The number of esters is 1. The molecule has 98 heavy (non-hydrogen) atoms. The van der Waals surface area contributed by atoms with Gasteiger partial charge in [0, 0.05) is 46.3 Å². The highest BCUT2D eigenvalue weighted by Gasteiger charge is 2.65. The number of ether oxygens (including phenoxy) is 8. The molecule has 5 aromatic rings. The van der Waals surface area contributed by atoms with Crippen molar-refractivity contribution in [1.82, 2.24) is 0 Å². The van der Waals surface area contributed by atoms with E-state index >= 15 is 9.59 Å². The van der Waals surface area contributed by atoms with Crippen molar-refractivity contribution in [2.45, 2.75) is 229 Å². The van der Waals surface area contributed by atoms with Crippen molar-refractivity contribution in [1.29, 1.82) is 0 Å². The fourth-order valence-corrected chi connectivity index (χ4v) is 25.7. The van der Waals surface area contributed by atoms with Gasteiger partial charge in [0.2, 0.25) is 0 Å². The first kappa shape index (κ1) is 74.7. The molecule has 5 fully saturated rings. The Kier molecular flexibility index (Phi) is 25.3. The Morgan fingerprint density at radius 1 is 0.622 bits per heavy atom. The maximum Gasteiger partial charge on any atom is 0.338 e. The third kappa shape index (κ3) is 17.1. The molecule has 0 aliphatic carbocycles. The molecule has 0 amide bonds. The third-order valence-electron chi connectivity index (χ3n) is 21.4. The Bertz CT molecular complexity index is 3410. The van der Waals surface area contributed by atoms with Gasteiger partial charge in [-0.3, -0.25) is 9.59 Å². The minimum absolute atomic E-state index is 0.00104. The highest BCUT2D eigenvalue weighted by atomic mass is 28.4. The van der Waals surface area contributed by atoms with Crippen molar-refractivity contribution in [3.8, 4) is 0 Å². The molecule has 0 bridgehead atoms. The number of hydrogen-bond acceptors (Lipinski definition) is 13. The quantitative estimate of drug-likeness (QED) is 0.0108. The number of benzene rings is 5. The first-order valence-corrected chi connectivity index (χ1v) is 39.7. The Hall–Kier alpha value is -6.02. The lowest BCUT2D eigenvalue weighted by atomic mass is 9.80. The minimum atomic E-state index is -3.43. The van der Waals surface area contributed by atoms with E-state index in [0.29, 0.717) is 43.6 Å². The molecule has 0 spiro atoms. The molecule has 0 aromatic heterocycles. The van der Waals surface area contributed by atoms with Crippen LogP contribution < -0.4 is 20.7 Å². The van der Waals surface area contributed by atoms with Gasteiger partial charge in [-0.05, 0) is 129 Å². The second-order valence-electron chi connectivity index (χ2n) is 30.6. The highest BCUT2D eigenvalue weighted by Crippen LogP contribution is 2.49. The van der Waals surface area contributed by atoms with Crippen LogP contribution >= 0.6 is 0 Å². The van der Waals surface area contributed by atoms with Gasteiger partial charge in [-0.2, -0.15) is 0 Å². The molecule has 15 heteroatoms. The van der Waals surface area contributed by atoms with E-state index in [0.717, 1.165) is 51.2 Å². The standard InChI is InChI=1S/C83H108O13Si2/c1-15-55(2)47-56(3)41-45-70-58(5)49-63(90-70)43-42-61(84)52-74-77(95-97(82(7,8)9,65-33-23-17-24-34-65)66-35-25-18-26-36-66)78-79(94-74)80(96-98(83(10,11)12,67-37-27-19-28-38-67)68-39-29-20-30-40-68)76-71(93-78)46-44-64(91-76)50-62(85)51-69-59(6)72(92-73(69)53-75(87-13)88-14)48-57(4)54-89-81(86)60-31-21-16-22-32-60/h16-40,42-43,56-57,59,63-64,69-80H,1,5,41,44-54H2,2-4,6-14H3/b43-42+/t56-,57-,59+,63?,64+,69?,70-,71-,72+,73-,74+,76-,77-,78-,79+,80-/m0/s1. The monoisotopic (exact) mass is 1370 g/mol. The second-order valence-corrected chi connectivity index (χ2v) is 39.1. The average molecular weight is 1370 g/mol. The van der Waals surface area contributed by atoms with Crippen LogP contribution in [0.25, 0.3) is 0 Å². The lowest BCUT2D eigenvalue weighted by Gasteiger charge is -2.53. The molecule has 2 unspecified atom stereocenters. The maximum absolute atomic E-state index is 15.1. The maximum atomic E-state index is 15.1. The number of fused-ring (bicyclic) bond motifs is 2. The van der Waals surface area contributed by atoms with Crippen LogP contribution in [0.4, 0.5) is 0 Å². The van der Waals surface area contributed by atoms with E-state index in [2.05, 4.69) is 185 Å². The van der Waals surface area contributed by atoms with Gasteiger partial charge in [0.05, 0.1) is 54.9 Å². The molecule has 5 heterocycles. The van der Waals surface area contributed by atoms with E-state index in [-0.39, 0.29) is 85.6 Å². The van der Waals surface area contributed by atoms with Gasteiger partial charge in [-0.1, -0.05) is 221 Å². The highest BCUT2D eigenvalue weighted by molar-refractivity contribution is 7.00. The van der Waals surface area contributed by atoms with E-state index in [1.54, 1.807) is 32.4 Å². The molecule has 5 aliphatic rings. The largest absolute Gasteiger partial charge is 0.462 e. The molecule has 16 atom stereocenters. The molecule has 0 saturated carbocycles. The summed E-state index contributed by atoms with van der Waals surface area (Å²) in [7, 11) is -3.58. The summed E-state index contributed by atoms with van der Waals surface area (Å²) in [4.78, 5) is 43.1. The van der Waals surface area contributed by atoms with Crippen molar-refractivity contribution < 1.29 is 61.1 Å². The number of hydrogen-bond donors (Lipinski definition) is 0. The summed E-state index contributed by atoms with van der Waals surface area (Å²) in [5.41, 5.74) is 5.74. The number of ketones is 2. The van der Waals surface area contributed by atoms with Gasteiger partial charge in [-0.25, -0.2) is 4.79 Å². The summed E-state index contributed by atoms with van der Waals surface area (Å²) in [5.74, 6) is -0.122. The van der Waals surface area contributed by atoms with Gasteiger partial charge in [0.15, 0.2) is 12.1 Å². The van der Waals surface area contributed by atoms with E-state index in [1.165, 1.54) is 0 Å². The van der Waals surface area contributed by atoms with Crippen LogP contribution in [-0.2, 0) is 56.3 Å². The van der Waals surface area contributed by atoms with Gasteiger partial charge in [0.1, 0.15) is 36.3 Å². The SMILES string of the molecule is C=C=C(C)C[C@@H](C)CC[C@@H]1OC(/C=C/C(=O)C[C@H]2O[C@H]3[C@@H](O[Si](c4ccccc4)(c4ccccc4)C(C)(C)C)[C@H]4O[C@@H](CC(=O)CC5[C@H](CC(OC)OC)O[C@H](C[C@H](C)COC(=O)c6ccccc6)[C@@H]5C)CC[C@@H]4O[C@H]3[C@H]2O[Si](c2ccccc2)(c2ccccc2)C(C)(C)C)CC1=C. The summed E-state index contributed by atoms with van der Waals surface area (Å²) >= 11 is 0. The van der Waals surface area contributed by atoms with Crippen LogP contribution in [0, 0.1) is 23.7 Å². The van der Waals surface area contributed by atoms with Crippen molar-refractivity contribution in [2.75, 3.05) is 20.8 Å². The molecule has 0 N–H and O–H groups in total. The van der Waals surface area contributed by atoms with Crippen LogP contribution in [0.2, 0.25) is 10.1 Å². The lowest BCUT2D eigenvalue weighted by molar-refractivity contribution is -0.254. The lowest BCUT2D eigenvalue weighted by Crippen LogP contribution is -2.73. The topological polar surface area (TPSA) is 144 Å². The Labute approximate surface area is 586 Å². The normalized spacial score (nSPS) is 27.3. The van der Waals surface area contributed by atoms with E-state index in [9.17, 15) is 4.79 Å². The van der Waals surface area contributed by atoms with Crippen molar-refractivity contribution in [2.24, 2.45) is 23.7 Å². The summed E-state index contributed by atoms with van der Waals surface area (Å²) in [6.45, 7) is 30.7. The molecule has 5 aromatic carbocycles. The Morgan fingerprint density at radius 2 is 1.15 bits per heavy atom. The zero-order chi connectivity index (χ0) is 69.9. The van der Waals surface area contributed by atoms with Gasteiger partial charge >= 0.3 is 5.97 Å². The molecule has 0 radical (unpaired) electrons. The first-order valence-electron chi connectivity index (χ1n) is 35.8. The van der Waals surface area contributed by atoms with Gasteiger partial charge in [-0.15, -0.1) is 5.73 Å². The average Bonchev–Trinajstić information content (AvgIpc) is 1.34. The minimum Gasteiger partial charge on any atom is -0.462 e. The summed E-state index contributed by atoms with van der Waals surface area (Å²) in [6, 6.07) is 51.5. The number of Topliss-reactive ketones (excluding diaryl/α,β-unsaturated/α-hetero) is 1. The van der Waals surface area contributed by atoms with E-state index in [4.69, 9.17) is 46.7 Å². The Morgan fingerprint density at radius 3 is 1.68 bits per heavy atom. The molecule has 5 aliphatic heterocycles. The molecular formula is C83H108O13Si2. The summed E-state index contributed by atoms with van der Waals surface area (Å²) < 4.78 is 70.2. The first-order chi connectivity index (χ1) is 47.0. The van der Waals surface area contributed by atoms with Crippen LogP contribution in [0.1, 0.15) is 150 Å². The second kappa shape index (κ2) is 33.2.